The SMILES string of the molecule is CCCNC(=O)C(=O)OCC(C)C. The standard InChI is InChI=1S/C9H17NO3/c1-4-5-10-8(11)9(12)13-6-7(2)3/h7H,4-6H2,1-3H3,(H,10,11). The molecule has 4 heteroatoms. The van der Waals surface area contributed by atoms with E-state index in [9.17, 15) is 9.59 Å². The van der Waals surface area contributed by atoms with Crippen LogP contribution in [0.1, 0.15) is 27.2 Å². The maximum atomic E-state index is 10.9. The molecule has 0 saturated heterocycles. The Morgan fingerprint density at radius 2 is 2.00 bits per heavy atom. The summed E-state index contributed by atoms with van der Waals surface area (Å²) >= 11 is 0. The van der Waals surface area contributed by atoms with Gasteiger partial charge in [0, 0.05) is 6.54 Å². The molecule has 0 aliphatic carbocycles. The Morgan fingerprint density at radius 1 is 1.38 bits per heavy atom. The third-order valence-electron chi connectivity index (χ3n) is 1.27. The summed E-state index contributed by atoms with van der Waals surface area (Å²) in [6.45, 7) is 6.54. The number of esters is 1. The van der Waals surface area contributed by atoms with Crippen LogP contribution in [0.15, 0.2) is 0 Å². The molecule has 0 rings (SSSR count). The van der Waals surface area contributed by atoms with E-state index in [4.69, 9.17) is 4.74 Å². The van der Waals surface area contributed by atoms with Crippen molar-refractivity contribution < 1.29 is 14.3 Å². The van der Waals surface area contributed by atoms with E-state index in [0.717, 1.165) is 6.42 Å². The van der Waals surface area contributed by atoms with Crippen molar-refractivity contribution in [2.24, 2.45) is 5.92 Å². The normalized spacial score (nSPS) is 9.85. The maximum Gasteiger partial charge on any atom is 0.396 e. The molecule has 0 unspecified atom stereocenters. The van der Waals surface area contributed by atoms with E-state index in [-0.39, 0.29) is 5.92 Å². The molecule has 76 valence electrons. The van der Waals surface area contributed by atoms with Gasteiger partial charge >= 0.3 is 11.9 Å². The van der Waals surface area contributed by atoms with Crippen molar-refractivity contribution in [3.8, 4) is 0 Å². The second-order valence-corrected chi connectivity index (χ2v) is 3.25. The van der Waals surface area contributed by atoms with Gasteiger partial charge in [0.1, 0.15) is 0 Å². The van der Waals surface area contributed by atoms with Crippen LogP contribution in [0, 0.1) is 5.92 Å². The van der Waals surface area contributed by atoms with Gasteiger partial charge in [-0.2, -0.15) is 0 Å². The maximum absolute atomic E-state index is 10.9. The quantitative estimate of drug-likeness (QED) is 0.521. The fraction of sp³-hybridized carbons (Fsp3) is 0.778. The smallest absolute Gasteiger partial charge is 0.396 e. The summed E-state index contributed by atoms with van der Waals surface area (Å²) in [6, 6.07) is 0. The number of ether oxygens (including phenoxy) is 1. The lowest BCUT2D eigenvalue weighted by atomic mass is 10.2. The minimum atomic E-state index is -0.790. The molecule has 0 aromatic rings. The molecule has 0 radical (unpaired) electrons. The molecule has 0 aromatic carbocycles. The molecule has 13 heavy (non-hydrogen) atoms. The van der Waals surface area contributed by atoms with Crippen molar-refractivity contribution in [1.82, 2.24) is 5.32 Å². The Kier molecular flexibility index (Phi) is 5.93. The highest BCUT2D eigenvalue weighted by atomic mass is 16.5. The molecule has 0 fully saturated rings. The Morgan fingerprint density at radius 3 is 2.46 bits per heavy atom. The van der Waals surface area contributed by atoms with Crippen LogP contribution in [0.25, 0.3) is 0 Å². The van der Waals surface area contributed by atoms with Crippen molar-refractivity contribution in [3.63, 3.8) is 0 Å². The van der Waals surface area contributed by atoms with E-state index in [0.29, 0.717) is 13.2 Å². The van der Waals surface area contributed by atoms with Crippen LogP contribution in [0.2, 0.25) is 0 Å². The van der Waals surface area contributed by atoms with Gasteiger partial charge in [0.15, 0.2) is 0 Å². The van der Waals surface area contributed by atoms with Crippen molar-refractivity contribution in [3.05, 3.63) is 0 Å². The fourth-order valence-corrected chi connectivity index (χ4v) is 0.619. The number of nitrogens with one attached hydrogen (secondary N) is 1. The Bertz CT molecular complexity index is 178. The fourth-order valence-electron chi connectivity index (χ4n) is 0.619. The zero-order valence-corrected chi connectivity index (χ0v) is 8.42. The zero-order chi connectivity index (χ0) is 10.3. The minimum absolute atomic E-state index is 0.253. The molecule has 0 spiro atoms. The van der Waals surface area contributed by atoms with E-state index in [2.05, 4.69) is 5.32 Å². The third kappa shape index (κ3) is 6.13. The van der Waals surface area contributed by atoms with E-state index in [1.54, 1.807) is 0 Å². The lowest BCUT2D eigenvalue weighted by Crippen LogP contribution is -2.33. The van der Waals surface area contributed by atoms with Crippen LogP contribution in [0.4, 0.5) is 0 Å². The number of carbonyl (C=O) groups excluding carboxylic acids is 2. The van der Waals surface area contributed by atoms with Crippen LogP contribution in [-0.2, 0) is 14.3 Å². The zero-order valence-electron chi connectivity index (χ0n) is 8.42. The number of rotatable bonds is 4. The van der Waals surface area contributed by atoms with Crippen molar-refractivity contribution in [2.45, 2.75) is 27.2 Å². The number of hydrogen-bond donors (Lipinski definition) is 1. The molecular weight excluding hydrogens is 170 g/mol. The molecule has 0 aliphatic heterocycles. The topological polar surface area (TPSA) is 55.4 Å². The highest BCUT2D eigenvalue weighted by Crippen LogP contribution is 1.92. The largest absolute Gasteiger partial charge is 0.458 e. The van der Waals surface area contributed by atoms with Crippen LogP contribution in [0.3, 0.4) is 0 Å². The van der Waals surface area contributed by atoms with Gasteiger partial charge in [0.05, 0.1) is 6.61 Å². The van der Waals surface area contributed by atoms with Crippen molar-refractivity contribution in [2.75, 3.05) is 13.2 Å². The third-order valence-corrected chi connectivity index (χ3v) is 1.27. The second kappa shape index (κ2) is 6.46. The average molecular weight is 187 g/mol. The second-order valence-electron chi connectivity index (χ2n) is 3.25. The molecule has 0 aliphatic rings. The average Bonchev–Trinajstić information content (AvgIpc) is 2.10. The van der Waals surface area contributed by atoms with Crippen LogP contribution in [0.5, 0.6) is 0 Å². The van der Waals surface area contributed by atoms with Gasteiger partial charge in [-0.05, 0) is 12.3 Å². The molecule has 1 amide bonds. The van der Waals surface area contributed by atoms with Crippen LogP contribution in [-0.4, -0.2) is 25.0 Å². The first-order valence-electron chi connectivity index (χ1n) is 4.52. The number of amides is 1. The summed E-state index contributed by atoms with van der Waals surface area (Å²) in [4.78, 5) is 21.8. The van der Waals surface area contributed by atoms with Crippen molar-refractivity contribution >= 4 is 11.9 Å². The summed E-state index contributed by atoms with van der Waals surface area (Å²) < 4.78 is 4.71. The minimum Gasteiger partial charge on any atom is -0.458 e. The molecular formula is C9H17NO3. The Labute approximate surface area is 78.6 Å². The summed E-state index contributed by atoms with van der Waals surface area (Å²) in [5.74, 6) is -1.19. The van der Waals surface area contributed by atoms with Gasteiger partial charge in [-0.25, -0.2) is 4.79 Å². The first kappa shape index (κ1) is 11.9. The highest BCUT2D eigenvalue weighted by Gasteiger charge is 2.14. The predicted molar refractivity (Wildman–Crippen MR) is 49.1 cm³/mol. The predicted octanol–water partition coefficient (Wildman–Crippen LogP) is 0.712. The van der Waals surface area contributed by atoms with Gasteiger partial charge in [-0.1, -0.05) is 20.8 Å². The highest BCUT2D eigenvalue weighted by molar-refractivity contribution is 6.32. The molecule has 4 nitrogen and oxygen atoms in total. The van der Waals surface area contributed by atoms with E-state index < -0.39 is 11.9 Å². The van der Waals surface area contributed by atoms with Gasteiger partial charge < -0.3 is 10.1 Å². The van der Waals surface area contributed by atoms with E-state index in [1.807, 2.05) is 20.8 Å². The molecule has 0 bridgehead atoms. The molecule has 0 saturated carbocycles. The van der Waals surface area contributed by atoms with Crippen molar-refractivity contribution in [1.29, 1.82) is 0 Å². The Balaban J connectivity index is 3.64. The van der Waals surface area contributed by atoms with Crippen LogP contribution < -0.4 is 5.32 Å². The molecule has 0 aromatic heterocycles. The van der Waals surface area contributed by atoms with E-state index in [1.165, 1.54) is 0 Å². The van der Waals surface area contributed by atoms with Gasteiger partial charge in [-0.15, -0.1) is 0 Å². The van der Waals surface area contributed by atoms with Crippen LogP contribution >= 0.6 is 0 Å². The van der Waals surface area contributed by atoms with Gasteiger partial charge in [-0.3, -0.25) is 4.79 Å². The Hall–Kier alpha value is -1.06. The lowest BCUT2D eigenvalue weighted by molar-refractivity contribution is -0.155. The molecule has 0 atom stereocenters. The summed E-state index contributed by atoms with van der Waals surface area (Å²) in [5.41, 5.74) is 0. The summed E-state index contributed by atoms with van der Waals surface area (Å²) in [6.07, 6.45) is 0.809. The van der Waals surface area contributed by atoms with Gasteiger partial charge in [0.25, 0.3) is 0 Å². The summed E-state index contributed by atoms with van der Waals surface area (Å²) in [7, 11) is 0. The molecule has 1 N–H and O–H groups in total. The number of carbonyl (C=O) groups is 2. The van der Waals surface area contributed by atoms with Gasteiger partial charge in [0.2, 0.25) is 0 Å². The monoisotopic (exact) mass is 187 g/mol. The first-order valence-corrected chi connectivity index (χ1v) is 4.52. The summed E-state index contributed by atoms with van der Waals surface area (Å²) in [5, 5.41) is 2.44. The lowest BCUT2D eigenvalue weighted by Gasteiger charge is -2.06. The number of hydrogen-bond acceptors (Lipinski definition) is 3. The first-order chi connectivity index (χ1) is 6.07. The van der Waals surface area contributed by atoms with E-state index >= 15 is 0 Å². The molecule has 0 heterocycles.